The van der Waals surface area contributed by atoms with Crippen molar-refractivity contribution in [1.29, 1.82) is 0 Å². The minimum Gasteiger partial charge on any atom is -0.360 e. The Morgan fingerprint density at radius 2 is 2.12 bits per heavy atom. The van der Waals surface area contributed by atoms with Gasteiger partial charge in [0.25, 0.3) is 5.91 Å². The van der Waals surface area contributed by atoms with Crippen molar-refractivity contribution in [3.8, 4) is 0 Å². The van der Waals surface area contributed by atoms with E-state index in [1.807, 2.05) is 24.8 Å². The second-order valence-corrected chi connectivity index (χ2v) is 7.41. The van der Waals surface area contributed by atoms with Crippen LogP contribution < -0.4 is 0 Å². The predicted molar refractivity (Wildman–Crippen MR) is 93.3 cm³/mol. The molecule has 3 heterocycles. The average Bonchev–Trinajstić information content (AvgIpc) is 3.06. The van der Waals surface area contributed by atoms with Gasteiger partial charge < -0.3 is 9.42 Å². The Morgan fingerprint density at radius 3 is 2.79 bits per heavy atom. The molecule has 0 unspecified atom stereocenters. The van der Waals surface area contributed by atoms with E-state index in [-0.39, 0.29) is 5.91 Å². The van der Waals surface area contributed by atoms with Crippen LogP contribution in [-0.4, -0.2) is 52.0 Å². The topological polar surface area (TPSA) is 62.5 Å². The highest BCUT2D eigenvalue weighted by Gasteiger charge is 2.24. The molecule has 0 aliphatic carbocycles. The minimum atomic E-state index is 0.118. The van der Waals surface area contributed by atoms with Crippen LogP contribution in [-0.2, 0) is 13.0 Å². The summed E-state index contributed by atoms with van der Waals surface area (Å²) in [4.78, 5) is 22.2. The van der Waals surface area contributed by atoms with E-state index in [0.717, 1.165) is 72.6 Å². The minimum absolute atomic E-state index is 0.118. The molecule has 3 rings (SSSR count). The van der Waals surface area contributed by atoms with Gasteiger partial charge in [-0.15, -0.1) is 11.3 Å². The maximum absolute atomic E-state index is 12.7. The molecular weight excluding hydrogens is 324 g/mol. The van der Waals surface area contributed by atoms with Gasteiger partial charge in [0.05, 0.1) is 22.9 Å². The predicted octanol–water partition coefficient (Wildman–Crippen LogP) is 2.66. The lowest BCUT2D eigenvalue weighted by Crippen LogP contribution is -2.35. The van der Waals surface area contributed by atoms with Gasteiger partial charge in [0.2, 0.25) is 0 Å². The van der Waals surface area contributed by atoms with Gasteiger partial charge in [-0.05, 0) is 26.7 Å². The third-order valence-corrected chi connectivity index (χ3v) is 5.38. The molecule has 0 N–H and O–H groups in total. The van der Waals surface area contributed by atoms with Crippen molar-refractivity contribution in [3.05, 3.63) is 33.1 Å². The molecule has 0 aromatic carbocycles. The molecule has 1 aliphatic heterocycles. The van der Waals surface area contributed by atoms with Crippen LogP contribution in [0.4, 0.5) is 0 Å². The van der Waals surface area contributed by atoms with Crippen molar-refractivity contribution in [2.45, 2.75) is 40.2 Å². The zero-order valence-corrected chi connectivity index (χ0v) is 15.4. The SMILES string of the molecule is CCc1cc(CN2CCCN(C(=O)c3sc(C)nc3C)CC2)on1. The molecule has 1 amide bonds. The highest BCUT2D eigenvalue weighted by atomic mass is 32.1. The molecule has 1 fully saturated rings. The summed E-state index contributed by atoms with van der Waals surface area (Å²) >= 11 is 1.49. The lowest BCUT2D eigenvalue weighted by Gasteiger charge is -2.21. The summed E-state index contributed by atoms with van der Waals surface area (Å²) in [6.45, 7) is 10.0. The summed E-state index contributed by atoms with van der Waals surface area (Å²) in [5.74, 6) is 1.02. The number of rotatable bonds is 4. The Hall–Kier alpha value is -1.73. The van der Waals surface area contributed by atoms with Crippen LogP contribution in [0, 0.1) is 13.8 Å². The number of hydrogen-bond donors (Lipinski definition) is 0. The molecule has 6 nitrogen and oxygen atoms in total. The first-order valence-corrected chi connectivity index (χ1v) is 9.28. The van der Waals surface area contributed by atoms with E-state index in [9.17, 15) is 4.79 Å². The fourth-order valence-corrected chi connectivity index (χ4v) is 3.91. The van der Waals surface area contributed by atoms with Gasteiger partial charge in [0.15, 0.2) is 5.76 Å². The summed E-state index contributed by atoms with van der Waals surface area (Å²) < 4.78 is 5.38. The van der Waals surface area contributed by atoms with Crippen molar-refractivity contribution in [1.82, 2.24) is 19.9 Å². The van der Waals surface area contributed by atoms with Gasteiger partial charge in [-0.25, -0.2) is 4.98 Å². The number of carbonyl (C=O) groups excluding carboxylic acids is 1. The Kier molecular flexibility index (Phi) is 5.30. The van der Waals surface area contributed by atoms with Gasteiger partial charge in [-0.3, -0.25) is 9.69 Å². The van der Waals surface area contributed by atoms with Crippen LogP contribution >= 0.6 is 11.3 Å². The van der Waals surface area contributed by atoms with E-state index in [0.29, 0.717) is 0 Å². The first-order chi connectivity index (χ1) is 11.6. The molecule has 0 bridgehead atoms. The Bertz CT molecular complexity index is 709. The Balaban J connectivity index is 1.60. The maximum Gasteiger partial charge on any atom is 0.265 e. The molecule has 0 saturated carbocycles. The Morgan fingerprint density at radius 1 is 1.29 bits per heavy atom. The maximum atomic E-state index is 12.7. The van der Waals surface area contributed by atoms with Crippen LogP contribution in [0.3, 0.4) is 0 Å². The number of hydrogen-bond acceptors (Lipinski definition) is 6. The van der Waals surface area contributed by atoms with Gasteiger partial charge in [0.1, 0.15) is 4.88 Å². The fourth-order valence-electron chi connectivity index (χ4n) is 3.02. The highest BCUT2D eigenvalue weighted by Crippen LogP contribution is 2.20. The number of carbonyl (C=O) groups is 1. The molecule has 1 aliphatic rings. The molecule has 0 atom stereocenters. The third kappa shape index (κ3) is 3.84. The molecular formula is C17H24N4O2S. The zero-order valence-electron chi connectivity index (χ0n) is 14.5. The van der Waals surface area contributed by atoms with E-state index in [1.165, 1.54) is 11.3 Å². The lowest BCUT2D eigenvalue weighted by atomic mass is 10.3. The van der Waals surface area contributed by atoms with Crippen molar-refractivity contribution < 1.29 is 9.32 Å². The number of thiazole rings is 1. The number of nitrogens with zero attached hydrogens (tertiary/aromatic N) is 4. The van der Waals surface area contributed by atoms with E-state index >= 15 is 0 Å². The van der Waals surface area contributed by atoms with Crippen molar-refractivity contribution in [2.75, 3.05) is 26.2 Å². The molecule has 130 valence electrons. The molecule has 1 saturated heterocycles. The number of aryl methyl sites for hydroxylation is 3. The van der Waals surface area contributed by atoms with Crippen molar-refractivity contribution >= 4 is 17.2 Å². The smallest absolute Gasteiger partial charge is 0.265 e. The highest BCUT2D eigenvalue weighted by molar-refractivity contribution is 7.13. The third-order valence-electron chi connectivity index (χ3n) is 4.32. The first-order valence-electron chi connectivity index (χ1n) is 8.47. The normalized spacial score (nSPS) is 16.4. The molecule has 24 heavy (non-hydrogen) atoms. The van der Waals surface area contributed by atoms with E-state index in [1.54, 1.807) is 0 Å². The zero-order chi connectivity index (χ0) is 17.1. The van der Waals surface area contributed by atoms with E-state index in [4.69, 9.17) is 4.52 Å². The van der Waals surface area contributed by atoms with Crippen LogP contribution in [0.15, 0.2) is 10.6 Å². The summed E-state index contributed by atoms with van der Waals surface area (Å²) in [5, 5.41) is 5.00. The van der Waals surface area contributed by atoms with Crippen molar-refractivity contribution in [3.63, 3.8) is 0 Å². The van der Waals surface area contributed by atoms with Crippen LogP contribution in [0.1, 0.15) is 45.2 Å². The number of aromatic nitrogens is 2. The molecule has 2 aromatic rings. The Labute approximate surface area is 146 Å². The van der Waals surface area contributed by atoms with Gasteiger partial charge >= 0.3 is 0 Å². The lowest BCUT2D eigenvalue weighted by molar-refractivity contribution is 0.0764. The van der Waals surface area contributed by atoms with Gasteiger partial charge in [-0.2, -0.15) is 0 Å². The molecule has 7 heteroatoms. The molecule has 0 spiro atoms. The first kappa shape index (κ1) is 17.1. The summed E-state index contributed by atoms with van der Waals surface area (Å²) in [5.41, 5.74) is 1.84. The van der Waals surface area contributed by atoms with Gasteiger partial charge in [0, 0.05) is 32.2 Å². The van der Waals surface area contributed by atoms with E-state index in [2.05, 4.69) is 22.0 Å². The quantitative estimate of drug-likeness (QED) is 0.850. The largest absolute Gasteiger partial charge is 0.360 e. The van der Waals surface area contributed by atoms with Crippen molar-refractivity contribution in [2.24, 2.45) is 0 Å². The van der Waals surface area contributed by atoms with Crippen LogP contribution in [0.5, 0.6) is 0 Å². The summed E-state index contributed by atoms with van der Waals surface area (Å²) in [6.07, 6.45) is 1.86. The fraction of sp³-hybridized carbons (Fsp3) is 0.588. The summed E-state index contributed by atoms with van der Waals surface area (Å²) in [7, 11) is 0. The second kappa shape index (κ2) is 7.44. The van der Waals surface area contributed by atoms with Crippen LogP contribution in [0.2, 0.25) is 0 Å². The molecule has 0 radical (unpaired) electrons. The van der Waals surface area contributed by atoms with E-state index < -0.39 is 0 Å². The average molecular weight is 348 g/mol. The van der Waals surface area contributed by atoms with Crippen LogP contribution in [0.25, 0.3) is 0 Å². The molecule has 2 aromatic heterocycles. The summed E-state index contributed by atoms with van der Waals surface area (Å²) in [6, 6.07) is 2.03. The number of amides is 1. The van der Waals surface area contributed by atoms with Gasteiger partial charge in [-0.1, -0.05) is 12.1 Å². The monoisotopic (exact) mass is 348 g/mol. The second-order valence-electron chi connectivity index (χ2n) is 6.21. The standard InChI is InChI=1S/C17H24N4O2S/c1-4-14-10-15(23-19-14)11-20-6-5-7-21(9-8-20)17(22)16-12(2)18-13(3)24-16/h10H,4-9,11H2,1-3H3.